The number of nitrogens with one attached hydrogen (secondary N) is 2. The number of rotatable bonds is 4. The molecule has 4 heterocycles. The second kappa shape index (κ2) is 7.44. The van der Waals surface area contributed by atoms with Gasteiger partial charge < -0.3 is 10.2 Å². The number of H-pyrrole nitrogens is 1. The van der Waals surface area contributed by atoms with E-state index in [1.807, 2.05) is 21.8 Å². The summed E-state index contributed by atoms with van der Waals surface area (Å²) in [7, 11) is 0. The molecule has 2 N–H and O–H groups in total. The molecule has 1 amide bonds. The molecule has 29 heavy (non-hydrogen) atoms. The zero-order chi connectivity index (χ0) is 19.8. The molecule has 2 aliphatic rings. The fourth-order valence-corrected chi connectivity index (χ4v) is 4.19. The Hall–Kier alpha value is -3.00. The van der Waals surface area contributed by atoms with E-state index in [4.69, 9.17) is 0 Å². The van der Waals surface area contributed by atoms with Gasteiger partial charge in [0.1, 0.15) is 5.82 Å². The Labute approximate surface area is 167 Å². The van der Waals surface area contributed by atoms with Crippen LogP contribution in [0.15, 0.2) is 43.0 Å². The fraction of sp³-hybridized carbons (Fsp3) is 0.381. The van der Waals surface area contributed by atoms with E-state index in [1.165, 1.54) is 6.07 Å². The van der Waals surface area contributed by atoms with Crippen LogP contribution in [0.1, 0.15) is 18.9 Å². The number of benzene rings is 1. The summed E-state index contributed by atoms with van der Waals surface area (Å²) in [6, 6.07) is 5.32. The van der Waals surface area contributed by atoms with E-state index in [-0.39, 0.29) is 23.7 Å². The minimum absolute atomic E-state index is 0.150. The molecule has 3 aromatic rings. The van der Waals surface area contributed by atoms with Crippen LogP contribution in [0.2, 0.25) is 0 Å². The van der Waals surface area contributed by atoms with Crippen molar-refractivity contribution in [3.63, 3.8) is 0 Å². The number of amides is 1. The molecule has 7 nitrogen and oxygen atoms in total. The first-order valence-corrected chi connectivity index (χ1v) is 10.0. The molecule has 2 aromatic heterocycles. The van der Waals surface area contributed by atoms with Crippen LogP contribution in [0.4, 0.5) is 4.39 Å². The van der Waals surface area contributed by atoms with Crippen molar-refractivity contribution in [2.24, 2.45) is 5.92 Å². The number of piperidine rings is 1. The van der Waals surface area contributed by atoms with Crippen molar-refractivity contribution in [2.75, 3.05) is 26.2 Å². The van der Waals surface area contributed by atoms with Crippen molar-refractivity contribution in [3.05, 3.63) is 48.8 Å². The zero-order valence-electron chi connectivity index (χ0n) is 16.0. The first-order valence-electron chi connectivity index (χ1n) is 10.0. The van der Waals surface area contributed by atoms with E-state index in [9.17, 15) is 9.18 Å². The smallest absolute Gasteiger partial charge is 0.228 e. The van der Waals surface area contributed by atoms with Crippen molar-refractivity contribution in [3.8, 4) is 22.3 Å². The molecular formula is C21H23FN6O. The Balaban J connectivity index is 1.33. The standard InChI is InChI=1S/C21H23FN6O/c22-19-3-1-2-18(20(19)14-10-24-25-11-14)16-12-26-28(13-16)17-4-6-27(7-5-17)21(29)15-8-23-9-15/h1-3,10-13,15,17,23H,4-9H2,(H,24,25). The number of likely N-dealkylation sites (tertiary alicyclic amines) is 1. The first-order chi connectivity index (χ1) is 14.2. The highest BCUT2D eigenvalue weighted by Crippen LogP contribution is 2.34. The van der Waals surface area contributed by atoms with Gasteiger partial charge in [-0.15, -0.1) is 0 Å². The van der Waals surface area contributed by atoms with Gasteiger partial charge in [0.05, 0.1) is 24.4 Å². The minimum Gasteiger partial charge on any atom is -0.342 e. The van der Waals surface area contributed by atoms with Crippen molar-refractivity contribution in [1.29, 1.82) is 0 Å². The molecule has 0 atom stereocenters. The van der Waals surface area contributed by atoms with Crippen molar-refractivity contribution in [2.45, 2.75) is 18.9 Å². The second-order valence-electron chi connectivity index (χ2n) is 7.77. The van der Waals surface area contributed by atoms with Crippen molar-refractivity contribution < 1.29 is 9.18 Å². The second-order valence-corrected chi connectivity index (χ2v) is 7.77. The minimum atomic E-state index is -0.283. The number of carbonyl (C=O) groups excluding carboxylic acids is 1. The average Bonchev–Trinajstić information content (AvgIpc) is 3.39. The highest BCUT2D eigenvalue weighted by molar-refractivity contribution is 5.83. The van der Waals surface area contributed by atoms with Crippen LogP contribution < -0.4 is 5.32 Å². The van der Waals surface area contributed by atoms with Gasteiger partial charge in [-0.3, -0.25) is 14.6 Å². The lowest BCUT2D eigenvalue weighted by Crippen LogP contribution is -2.53. The van der Waals surface area contributed by atoms with Gasteiger partial charge in [0.15, 0.2) is 0 Å². The number of hydrogen-bond acceptors (Lipinski definition) is 4. The van der Waals surface area contributed by atoms with Crippen LogP contribution in [0.25, 0.3) is 22.3 Å². The molecule has 0 unspecified atom stereocenters. The molecule has 1 aromatic carbocycles. The third-order valence-corrected chi connectivity index (χ3v) is 5.99. The maximum absolute atomic E-state index is 14.6. The lowest BCUT2D eigenvalue weighted by molar-refractivity contribution is -0.138. The van der Waals surface area contributed by atoms with Gasteiger partial charge in [-0.25, -0.2) is 4.39 Å². The summed E-state index contributed by atoms with van der Waals surface area (Å²) >= 11 is 0. The molecule has 2 aliphatic heterocycles. The van der Waals surface area contributed by atoms with Gasteiger partial charge in [0.25, 0.3) is 0 Å². The molecule has 2 fully saturated rings. The topological polar surface area (TPSA) is 78.8 Å². The number of halogens is 1. The van der Waals surface area contributed by atoms with Crippen LogP contribution in [-0.4, -0.2) is 57.0 Å². The Morgan fingerprint density at radius 2 is 1.97 bits per heavy atom. The maximum atomic E-state index is 14.6. The van der Waals surface area contributed by atoms with Gasteiger partial charge in [-0.1, -0.05) is 12.1 Å². The number of aromatic nitrogens is 4. The quantitative estimate of drug-likeness (QED) is 0.713. The Bertz CT molecular complexity index is 1000. The number of carbonyl (C=O) groups is 1. The van der Waals surface area contributed by atoms with Crippen molar-refractivity contribution >= 4 is 5.91 Å². The first kappa shape index (κ1) is 18.1. The third kappa shape index (κ3) is 3.33. The maximum Gasteiger partial charge on any atom is 0.228 e. The van der Waals surface area contributed by atoms with Crippen LogP contribution >= 0.6 is 0 Å². The van der Waals surface area contributed by atoms with Gasteiger partial charge in [0.2, 0.25) is 5.91 Å². The molecule has 0 radical (unpaired) electrons. The predicted octanol–water partition coefficient (Wildman–Crippen LogP) is 2.46. The average molecular weight is 394 g/mol. The summed E-state index contributed by atoms with van der Waals surface area (Å²) in [6.45, 7) is 3.12. The van der Waals surface area contributed by atoms with Gasteiger partial charge in [-0.05, 0) is 24.5 Å². The molecule has 2 saturated heterocycles. The molecule has 0 bridgehead atoms. The van der Waals surface area contributed by atoms with Crippen molar-refractivity contribution in [1.82, 2.24) is 30.2 Å². The summed E-state index contributed by atoms with van der Waals surface area (Å²) in [5, 5.41) is 14.4. The van der Waals surface area contributed by atoms with Crippen LogP contribution in [0.5, 0.6) is 0 Å². The third-order valence-electron chi connectivity index (χ3n) is 5.99. The molecule has 150 valence electrons. The van der Waals surface area contributed by atoms with E-state index in [1.54, 1.807) is 24.7 Å². The zero-order valence-corrected chi connectivity index (χ0v) is 16.0. The Morgan fingerprint density at radius 1 is 1.14 bits per heavy atom. The normalized spacial score (nSPS) is 18.0. The molecule has 8 heteroatoms. The van der Waals surface area contributed by atoms with E-state index in [0.717, 1.165) is 50.1 Å². The Kier molecular flexibility index (Phi) is 4.63. The lowest BCUT2D eigenvalue weighted by atomic mass is 9.97. The van der Waals surface area contributed by atoms with Gasteiger partial charge in [-0.2, -0.15) is 10.2 Å². The summed E-state index contributed by atoms with van der Waals surface area (Å²) in [6.07, 6.45) is 8.84. The number of hydrogen-bond donors (Lipinski definition) is 2. The Morgan fingerprint density at radius 3 is 2.66 bits per heavy atom. The lowest BCUT2D eigenvalue weighted by Gasteiger charge is -2.37. The molecular weight excluding hydrogens is 371 g/mol. The van der Waals surface area contributed by atoms with E-state index in [2.05, 4.69) is 20.6 Å². The fourth-order valence-electron chi connectivity index (χ4n) is 4.19. The monoisotopic (exact) mass is 394 g/mol. The number of aromatic amines is 1. The van der Waals surface area contributed by atoms with Gasteiger partial charge >= 0.3 is 0 Å². The molecule has 0 aliphatic carbocycles. The van der Waals surface area contributed by atoms with E-state index in [0.29, 0.717) is 11.1 Å². The largest absolute Gasteiger partial charge is 0.342 e. The van der Waals surface area contributed by atoms with Crippen LogP contribution in [0.3, 0.4) is 0 Å². The summed E-state index contributed by atoms with van der Waals surface area (Å²) in [5.41, 5.74) is 2.90. The molecule has 0 spiro atoms. The van der Waals surface area contributed by atoms with Crippen LogP contribution in [-0.2, 0) is 4.79 Å². The predicted molar refractivity (Wildman–Crippen MR) is 106 cm³/mol. The highest BCUT2D eigenvalue weighted by atomic mass is 19.1. The molecule has 0 saturated carbocycles. The van der Waals surface area contributed by atoms with Gasteiger partial charge in [0, 0.05) is 55.3 Å². The van der Waals surface area contributed by atoms with Crippen LogP contribution in [0, 0.1) is 11.7 Å². The number of nitrogens with zero attached hydrogens (tertiary/aromatic N) is 4. The molecule has 5 rings (SSSR count). The van der Waals surface area contributed by atoms with E-state index < -0.39 is 0 Å². The summed E-state index contributed by atoms with van der Waals surface area (Å²) in [5.74, 6) is 0.138. The SMILES string of the molecule is O=C(C1CNC1)N1CCC(n2cc(-c3cccc(F)c3-c3cn[nH]c3)cn2)CC1. The highest BCUT2D eigenvalue weighted by Gasteiger charge is 2.32. The van der Waals surface area contributed by atoms with E-state index >= 15 is 0 Å². The summed E-state index contributed by atoms with van der Waals surface area (Å²) < 4.78 is 16.5. The summed E-state index contributed by atoms with van der Waals surface area (Å²) in [4.78, 5) is 14.4.